The van der Waals surface area contributed by atoms with Gasteiger partial charge >= 0.3 is 0 Å². The molecule has 1 aliphatic heterocycles. The van der Waals surface area contributed by atoms with Crippen molar-refractivity contribution < 1.29 is 9.84 Å². The third-order valence-corrected chi connectivity index (χ3v) is 3.79. The van der Waals surface area contributed by atoms with Crippen molar-refractivity contribution in [1.29, 1.82) is 5.26 Å². The molecule has 0 saturated carbocycles. The first-order valence-electron chi connectivity index (χ1n) is 6.56. The van der Waals surface area contributed by atoms with Gasteiger partial charge in [0.1, 0.15) is 17.5 Å². The number of rotatable bonds is 1. The molecule has 4 heteroatoms. The summed E-state index contributed by atoms with van der Waals surface area (Å²) >= 11 is 0. The molecule has 1 aromatic carbocycles. The van der Waals surface area contributed by atoms with Gasteiger partial charge in [-0.1, -0.05) is 0 Å². The average Bonchev–Trinajstić information content (AvgIpc) is 2.93. The molecule has 0 radical (unpaired) electrons. The zero-order valence-electron chi connectivity index (χ0n) is 11.4. The molecule has 2 heterocycles. The fourth-order valence-electron chi connectivity index (χ4n) is 2.69. The van der Waals surface area contributed by atoms with Gasteiger partial charge < -0.3 is 14.4 Å². The minimum atomic E-state index is -0.698. The maximum Gasteiger partial charge on any atom is 0.132 e. The van der Waals surface area contributed by atoms with E-state index in [0.29, 0.717) is 5.56 Å². The molecule has 0 saturated heterocycles. The lowest BCUT2D eigenvalue weighted by atomic mass is 9.86. The van der Waals surface area contributed by atoms with Crippen LogP contribution in [0.15, 0.2) is 42.7 Å². The van der Waals surface area contributed by atoms with Crippen molar-refractivity contribution in [2.45, 2.75) is 31.6 Å². The van der Waals surface area contributed by atoms with Crippen LogP contribution in [0.3, 0.4) is 0 Å². The summed E-state index contributed by atoms with van der Waals surface area (Å²) in [5.41, 5.74) is 0.722. The summed E-state index contributed by atoms with van der Waals surface area (Å²) in [5.74, 6) is 0.720. The Labute approximate surface area is 117 Å². The Kier molecular flexibility index (Phi) is 2.81. The van der Waals surface area contributed by atoms with Crippen molar-refractivity contribution in [1.82, 2.24) is 4.57 Å². The normalized spacial score (nSPS) is 23.5. The molecule has 1 N–H and O–H groups in total. The smallest absolute Gasteiger partial charge is 0.132 e. The fraction of sp³-hybridized carbons (Fsp3) is 0.312. The lowest BCUT2D eigenvalue weighted by Gasteiger charge is -2.42. The van der Waals surface area contributed by atoms with E-state index < -0.39 is 11.7 Å². The van der Waals surface area contributed by atoms with Crippen LogP contribution >= 0.6 is 0 Å². The van der Waals surface area contributed by atoms with Gasteiger partial charge in [0.05, 0.1) is 17.7 Å². The molecule has 0 amide bonds. The molecule has 1 aliphatic rings. The molecule has 1 aromatic heterocycles. The zero-order valence-corrected chi connectivity index (χ0v) is 11.4. The number of aliphatic hydroxyl groups excluding tert-OH is 1. The van der Waals surface area contributed by atoms with Crippen molar-refractivity contribution in [2.75, 3.05) is 0 Å². The monoisotopic (exact) mass is 268 g/mol. The van der Waals surface area contributed by atoms with Crippen molar-refractivity contribution in [3.05, 3.63) is 53.9 Å². The Bertz CT molecular complexity index is 668. The van der Waals surface area contributed by atoms with Gasteiger partial charge in [-0.05, 0) is 44.2 Å². The second-order valence-corrected chi connectivity index (χ2v) is 5.59. The van der Waals surface area contributed by atoms with Crippen LogP contribution in [0.1, 0.15) is 31.0 Å². The largest absolute Gasteiger partial charge is 0.485 e. The molecular weight excluding hydrogens is 252 g/mol. The Morgan fingerprint density at radius 2 is 2.00 bits per heavy atom. The molecule has 4 nitrogen and oxygen atoms in total. The Hall–Kier alpha value is -2.25. The number of hydrogen-bond acceptors (Lipinski definition) is 3. The standard InChI is InChI=1S/C16H16N2O2/c1-16(2)15(19)14(18-7-3-4-8-18)12-9-11(10-17)5-6-13(12)20-16/h3-9,14-15,19H,1-2H3/t14-,15+/m1/s1. The predicted molar refractivity (Wildman–Crippen MR) is 74.4 cm³/mol. The first kappa shape index (κ1) is 12.8. The summed E-state index contributed by atoms with van der Waals surface area (Å²) in [7, 11) is 0. The zero-order chi connectivity index (χ0) is 14.3. The van der Waals surface area contributed by atoms with Crippen molar-refractivity contribution in [3.63, 3.8) is 0 Å². The number of nitriles is 1. The first-order valence-corrected chi connectivity index (χ1v) is 6.56. The quantitative estimate of drug-likeness (QED) is 0.864. The van der Waals surface area contributed by atoms with Crippen LogP contribution in [-0.2, 0) is 0 Å². The molecule has 102 valence electrons. The molecule has 0 spiro atoms. The summed E-state index contributed by atoms with van der Waals surface area (Å²) in [5, 5.41) is 19.7. The Balaban J connectivity index is 2.20. The van der Waals surface area contributed by atoms with Crippen LogP contribution in [0.5, 0.6) is 5.75 Å². The summed E-state index contributed by atoms with van der Waals surface area (Å²) in [6.07, 6.45) is 3.13. The molecule has 2 atom stereocenters. The highest BCUT2D eigenvalue weighted by atomic mass is 16.5. The highest BCUT2D eigenvalue weighted by Gasteiger charge is 2.43. The third-order valence-electron chi connectivity index (χ3n) is 3.79. The number of fused-ring (bicyclic) bond motifs is 1. The van der Waals surface area contributed by atoms with Gasteiger partial charge in [-0.25, -0.2) is 0 Å². The number of ether oxygens (including phenoxy) is 1. The van der Waals surface area contributed by atoms with Gasteiger partial charge in [-0.3, -0.25) is 0 Å². The van der Waals surface area contributed by atoms with Gasteiger partial charge in [0.15, 0.2) is 0 Å². The molecular formula is C16H16N2O2. The van der Waals surface area contributed by atoms with Crippen LogP contribution < -0.4 is 4.74 Å². The Morgan fingerprint density at radius 1 is 1.30 bits per heavy atom. The molecule has 0 aliphatic carbocycles. The van der Waals surface area contributed by atoms with E-state index in [9.17, 15) is 5.11 Å². The van der Waals surface area contributed by atoms with Gasteiger partial charge in [0.25, 0.3) is 0 Å². The second-order valence-electron chi connectivity index (χ2n) is 5.59. The van der Waals surface area contributed by atoms with E-state index in [2.05, 4.69) is 6.07 Å². The molecule has 20 heavy (non-hydrogen) atoms. The molecule has 0 fully saturated rings. The van der Waals surface area contributed by atoms with E-state index in [-0.39, 0.29) is 6.04 Å². The highest BCUT2D eigenvalue weighted by Crippen LogP contribution is 2.42. The molecule has 0 bridgehead atoms. The van der Waals surface area contributed by atoms with Gasteiger partial charge in [0.2, 0.25) is 0 Å². The van der Waals surface area contributed by atoms with E-state index in [1.54, 1.807) is 18.2 Å². The van der Waals surface area contributed by atoms with Crippen molar-refractivity contribution in [3.8, 4) is 11.8 Å². The SMILES string of the molecule is CC1(C)Oc2ccc(C#N)cc2[C@@H](n2cccc2)[C@@H]1O. The van der Waals surface area contributed by atoms with Crippen molar-refractivity contribution >= 4 is 0 Å². The maximum absolute atomic E-state index is 10.7. The van der Waals surface area contributed by atoms with Crippen LogP contribution in [0.25, 0.3) is 0 Å². The lowest BCUT2D eigenvalue weighted by Crippen LogP contribution is -2.50. The average molecular weight is 268 g/mol. The molecule has 3 rings (SSSR count). The number of hydrogen-bond donors (Lipinski definition) is 1. The van der Waals surface area contributed by atoms with Crippen molar-refractivity contribution in [2.24, 2.45) is 0 Å². The lowest BCUT2D eigenvalue weighted by molar-refractivity contribution is -0.0636. The maximum atomic E-state index is 10.7. The number of nitrogens with zero attached hydrogens (tertiary/aromatic N) is 2. The second kappa shape index (κ2) is 4.39. The number of benzene rings is 1. The van der Waals surface area contributed by atoms with E-state index in [4.69, 9.17) is 10.00 Å². The van der Waals surface area contributed by atoms with E-state index in [1.807, 2.05) is 42.9 Å². The summed E-state index contributed by atoms with van der Waals surface area (Å²) < 4.78 is 7.84. The highest BCUT2D eigenvalue weighted by molar-refractivity contribution is 5.46. The summed E-state index contributed by atoms with van der Waals surface area (Å²) in [4.78, 5) is 0. The minimum Gasteiger partial charge on any atom is -0.485 e. The van der Waals surface area contributed by atoms with Crippen LogP contribution in [-0.4, -0.2) is 21.4 Å². The third kappa shape index (κ3) is 1.87. The first-order chi connectivity index (χ1) is 9.53. The van der Waals surface area contributed by atoms with E-state index in [0.717, 1.165) is 11.3 Å². The van der Waals surface area contributed by atoms with Gasteiger partial charge in [0, 0.05) is 18.0 Å². The predicted octanol–water partition coefficient (Wildman–Crippen LogP) is 2.48. The van der Waals surface area contributed by atoms with Crippen LogP contribution in [0, 0.1) is 11.3 Å². The Morgan fingerprint density at radius 3 is 2.65 bits per heavy atom. The topological polar surface area (TPSA) is 58.2 Å². The van der Waals surface area contributed by atoms with E-state index >= 15 is 0 Å². The van der Waals surface area contributed by atoms with E-state index in [1.165, 1.54) is 0 Å². The van der Waals surface area contributed by atoms with Gasteiger partial charge in [-0.2, -0.15) is 5.26 Å². The molecule has 0 unspecified atom stereocenters. The minimum absolute atomic E-state index is 0.253. The summed E-state index contributed by atoms with van der Waals surface area (Å²) in [6.45, 7) is 3.74. The fourth-order valence-corrected chi connectivity index (χ4v) is 2.69. The molecule has 2 aromatic rings. The summed E-state index contributed by atoms with van der Waals surface area (Å²) in [6, 6.07) is 11.0. The van der Waals surface area contributed by atoms with Crippen LogP contribution in [0.4, 0.5) is 0 Å². The van der Waals surface area contributed by atoms with Crippen LogP contribution in [0.2, 0.25) is 0 Å². The van der Waals surface area contributed by atoms with Gasteiger partial charge in [-0.15, -0.1) is 0 Å². The number of aliphatic hydroxyl groups is 1. The number of aromatic nitrogens is 1.